The summed E-state index contributed by atoms with van der Waals surface area (Å²) < 4.78 is 0. The van der Waals surface area contributed by atoms with Gasteiger partial charge in [0.25, 0.3) is 0 Å². The first-order valence-electron chi connectivity index (χ1n) is 5.39. The van der Waals surface area contributed by atoms with Gasteiger partial charge in [-0.1, -0.05) is 66.7 Å². The van der Waals surface area contributed by atoms with Crippen LogP contribution in [-0.4, -0.2) is 5.48 Å². The van der Waals surface area contributed by atoms with Crippen molar-refractivity contribution in [3.05, 3.63) is 72.8 Å². The van der Waals surface area contributed by atoms with Gasteiger partial charge in [0, 0.05) is 0 Å². The largest absolute Gasteiger partial charge is 0.412 e. The Morgan fingerprint density at radius 3 is 2.24 bits per heavy atom. The van der Waals surface area contributed by atoms with Crippen molar-refractivity contribution in [2.24, 2.45) is 0 Å². The summed E-state index contributed by atoms with van der Waals surface area (Å²) >= 11 is 0. The fraction of sp³-hybridized carbons (Fsp3) is 0. The Balaban J connectivity index is 0.00000108. The Kier molecular flexibility index (Phi) is 3.22. The van der Waals surface area contributed by atoms with Crippen molar-refractivity contribution >= 4 is 10.8 Å². The van der Waals surface area contributed by atoms with Crippen LogP contribution in [0.4, 0.5) is 0 Å². The number of rotatable bonds is 1. The molecule has 3 aromatic carbocycles. The molecule has 1 nitrogen and oxygen atoms in total. The van der Waals surface area contributed by atoms with E-state index in [1.165, 1.54) is 21.9 Å². The van der Waals surface area contributed by atoms with Crippen molar-refractivity contribution in [1.82, 2.24) is 0 Å². The molecule has 1 radical (unpaired) electrons. The van der Waals surface area contributed by atoms with Gasteiger partial charge in [-0.25, -0.2) is 0 Å². The zero-order valence-electron chi connectivity index (χ0n) is 9.35. The van der Waals surface area contributed by atoms with Crippen LogP contribution in [0.25, 0.3) is 21.9 Å². The highest BCUT2D eigenvalue weighted by Crippen LogP contribution is 2.27. The Morgan fingerprint density at radius 2 is 1.41 bits per heavy atom. The van der Waals surface area contributed by atoms with Crippen LogP contribution in [0, 0.1) is 6.07 Å². The van der Waals surface area contributed by atoms with Gasteiger partial charge in [-0.3, -0.25) is 0 Å². The third-order valence-electron chi connectivity index (χ3n) is 2.82. The van der Waals surface area contributed by atoms with Gasteiger partial charge in [0.1, 0.15) is 0 Å². The second-order valence-electron chi connectivity index (χ2n) is 3.82. The lowest BCUT2D eigenvalue weighted by molar-refractivity contribution is 0.824. The minimum Gasteiger partial charge on any atom is -0.412 e. The molecule has 0 heterocycles. The summed E-state index contributed by atoms with van der Waals surface area (Å²) in [5.74, 6) is 0. The van der Waals surface area contributed by atoms with Crippen LogP contribution >= 0.6 is 0 Å². The maximum atomic E-state index is 3.05. The number of fused-ring (bicyclic) bond motifs is 1. The molecule has 3 aromatic rings. The van der Waals surface area contributed by atoms with E-state index in [4.69, 9.17) is 0 Å². The smallest absolute Gasteiger partial charge is 0.0105 e. The molecule has 0 fully saturated rings. The summed E-state index contributed by atoms with van der Waals surface area (Å²) in [4.78, 5) is 0. The van der Waals surface area contributed by atoms with Gasteiger partial charge in [-0.15, -0.1) is 0 Å². The lowest BCUT2D eigenvalue weighted by Crippen LogP contribution is -1.80. The van der Waals surface area contributed by atoms with Gasteiger partial charge in [0.05, 0.1) is 0 Å². The standard InChI is InChI=1S/C16H11.H2O/c1-2-7-13(8-3-1)16-12-6-10-14-9-4-5-11-15(14)16;/h2-12H;1H2. The quantitative estimate of drug-likeness (QED) is 0.602. The molecule has 0 amide bonds. The van der Waals surface area contributed by atoms with Crippen LogP contribution in [0.3, 0.4) is 0 Å². The minimum atomic E-state index is 0. The summed E-state index contributed by atoms with van der Waals surface area (Å²) in [6.45, 7) is 0. The van der Waals surface area contributed by atoms with Crippen LogP contribution in [0.5, 0.6) is 0 Å². The lowest BCUT2D eigenvalue weighted by Gasteiger charge is -2.06. The Hall–Kier alpha value is -2.12. The molecule has 0 aliphatic heterocycles. The van der Waals surface area contributed by atoms with E-state index in [0.29, 0.717) is 0 Å². The molecular formula is C16H13O. The molecule has 3 rings (SSSR count). The van der Waals surface area contributed by atoms with E-state index in [0.717, 1.165) is 0 Å². The van der Waals surface area contributed by atoms with Crippen molar-refractivity contribution in [1.29, 1.82) is 0 Å². The van der Waals surface area contributed by atoms with Crippen molar-refractivity contribution in [3.8, 4) is 11.1 Å². The maximum absolute atomic E-state index is 3.05. The van der Waals surface area contributed by atoms with Crippen molar-refractivity contribution in [3.63, 3.8) is 0 Å². The molecule has 0 unspecified atom stereocenters. The topological polar surface area (TPSA) is 31.5 Å². The third kappa shape index (κ3) is 2.05. The van der Waals surface area contributed by atoms with E-state index in [9.17, 15) is 0 Å². The van der Waals surface area contributed by atoms with E-state index < -0.39 is 0 Å². The molecular weight excluding hydrogens is 208 g/mol. The second kappa shape index (κ2) is 4.81. The summed E-state index contributed by atoms with van der Waals surface area (Å²) in [6.07, 6.45) is 0. The molecule has 0 spiro atoms. The molecule has 17 heavy (non-hydrogen) atoms. The second-order valence-corrected chi connectivity index (χ2v) is 3.82. The Bertz CT molecular complexity index is 609. The predicted octanol–water partition coefficient (Wildman–Crippen LogP) is 3.48. The minimum absolute atomic E-state index is 0. The normalized spacial score (nSPS) is 9.88. The summed E-state index contributed by atoms with van der Waals surface area (Å²) in [5.41, 5.74) is 2.53. The first-order chi connectivity index (χ1) is 7.95. The molecule has 0 aliphatic rings. The molecule has 0 saturated heterocycles. The van der Waals surface area contributed by atoms with Gasteiger partial charge in [0.15, 0.2) is 0 Å². The highest BCUT2D eigenvalue weighted by atomic mass is 16.0. The van der Waals surface area contributed by atoms with Gasteiger partial charge < -0.3 is 5.48 Å². The first-order valence-corrected chi connectivity index (χ1v) is 5.39. The third-order valence-corrected chi connectivity index (χ3v) is 2.82. The molecule has 2 N–H and O–H groups in total. The van der Waals surface area contributed by atoms with E-state index in [1.807, 2.05) is 12.1 Å². The average Bonchev–Trinajstić information content (AvgIpc) is 2.39. The summed E-state index contributed by atoms with van der Waals surface area (Å²) in [7, 11) is 0. The molecule has 0 saturated carbocycles. The van der Waals surface area contributed by atoms with Gasteiger partial charge in [0.2, 0.25) is 0 Å². The fourth-order valence-corrected chi connectivity index (χ4v) is 2.04. The number of hydrogen-bond acceptors (Lipinski definition) is 0. The average molecular weight is 221 g/mol. The zero-order chi connectivity index (χ0) is 10.8. The highest BCUT2D eigenvalue weighted by Gasteiger charge is 2.01. The van der Waals surface area contributed by atoms with Crippen molar-refractivity contribution in [2.75, 3.05) is 0 Å². The van der Waals surface area contributed by atoms with Crippen LogP contribution in [-0.2, 0) is 0 Å². The fourth-order valence-electron chi connectivity index (χ4n) is 2.04. The van der Waals surface area contributed by atoms with Crippen molar-refractivity contribution in [2.45, 2.75) is 0 Å². The van der Waals surface area contributed by atoms with Gasteiger partial charge in [-0.2, -0.15) is 0 Å². The summed E-state index contributed by atoms with van der Waals surface area (Å²) in [6, 6.07) is 26.0. The maximum Gasteiger partial charge on any atom is -0.0105 e. The van der Waals surface area contributed by atoms with E-state index in [2.05, 4.69) is 60.7 Å². The van der Waals surface area contributed by atoms with E-state index in [1.54, 1.807) is 0 Å². The summed E-state index contributed by atoms with van der Waals surface area (Å²) in [5, 5.41) is 2.59. The molecule has 0 bridgehead atoms. The van der Waals surface area contributed by atoms with Crippen molar-refractivity contribution < 1.29 is 5.48 Å². The highest BCUT2D eigenvalue weighted by molar-refractivity contribution is 5.96. The van der Waals surface area contributed by atoms with Gasteiger partial charge >= 0.3 is 0 Å². The number of hydrogen-bond donors (Lipinski definition) is 0. The number of benzene rings is 3. The van der Waals surface area contributed by atoms with Crippen LogP contribution in [0.15, 0.2) is 66.7 Å². The molecule has 0 atom stereocenters. The first kappa shape index (κ1) is 11.4. The molecule has 0 aromatic heterocycles. The van der Waals surface area contributed by atoms with Crippen LogP contribution in [0.1, 0.15) is 0 Å². The Morgan fingerprint density at radius 1 is 0.706 bits per heavy atom. The van der Waals surface area contributed by atoms with E-state index in [-0.39, 0.29) is 5.48 Å². The molecule has 83 valence electrons. The monoisotopic (exact) mass is 221 g/mol. The van der Waals surface area contributed by atoms with Crippen LogP contribution < -0.4 is 0 Å². The molecule has 1 heteroatoms. The Labute approximate surface area is 101 Å². The lowest BCUT2D eigenvalue weighted by atomic mass is 9.98. The van der Waals surface area contributed by atoms with E-state index >= 15 is 0 Å². The molecule has 0 aliphatic carbocycles. The predicted molar refractivity (Wildman–Crippen MR) is 71.8 cm³/mol. The van der Waals surface area contributed by atoms with Gasteiger partial charge in [-0.05, 0) is 28.0 Å². The SMILES string of the molecule is O.[c]1ccc(-c2cccc3ccccc23)cc1. The van der Waals surface area contributed by atoms with Crippen LogP contribution in [0.2, 0.25) is 0 Å². The zero-order valence-corrected chi connectivity index (χ0v) is 9.35.